The van der Waals surface area contributed by atoms with Gasteiger partial charge in [-0.25, -0.2) is 8.78 Å². The highest BCUT2D eigenvalue weighted by atomic mass is 19.1. The van der Waals surface area contributed by atoms with Gasteiger partial charge in [-0.3, -0.25) is 0 Å². The fraction of sp³-hybridized carbons (Fsp3) is 0.538. The van der Waals surface area contributed by atoms with Gasteiger partial charge in [0.1, 0.15) is 0 Å². The van der Waals surface area contributed by atoms with Gasteiger partial charge in [0.2, 0.25) is 0 Å². The van der Waals surface area contributed by atoms with Crippen LogP contribution in [0.25, 0.3) is 0 Å². The largest absolute Gasteiger partial charge is 0.503 e. The monoisotopic (exact) mass is 259 g/mol. The average molecular weight is 259 g/mol. The van der Waals surface area contributed by atoms with Gasteiger partial charge in [-0.05, 0) is 31.0 Å². The van der Waals surface area contributed by atoms with Crippen molar-refractivity contribution in [3.63, 3.8) is 0 Å². The number of hydrogen-bond donors (Lipinski definition) is 3. The smallest absolute Gasteiger partial charge is 0.187 e. The molecular weight excluding hydrogens is 240 g/mol. The van der Waals surface area contributed by atoms with Gasteiger partial charge in [0.25, 0.3) is 0 Å². The zero-order valence-electron chi connectivity index (χ0n) is 10.6. The summed E-state index contributed by atoms with van der Waals surface area (Å²) >= 11 is 0. The Morgan fingerprint density at radius 2 is 1.83 bits per heavy atom. The summed E-state index contributed by atoms with van der Waals surface area (Å²) in [4.78, 5) is 0. The van der Waals surface area contributed by atoms with Crippen molar-refractivity contribution in [2.75, 3.05) is 6.54 Å². The van der Waals surface area contributed by atoms with Crippen molar-refractivity contribution in [1.29, 1.82) is 0 Å². The quantitative estimate of drug-likeness (QED) is 0.735. The molecule has 0 bridgehead atoms. The number of phenolic OH excluding ortho intramolecular Hbond substituents is 1. The van der Waals surface area contributed by atoms with E-state index >= 15 is 0 Å². The molecule has 0 saturated heterocycles. The fourth-order valence-corrected chi connectivity index (χ4v) is 1.82. The summed E-state index contributed by atoms with van der Waals surface area (Å²) < 4.78 is 26.1. The maximum Gasteiger partial charge on any atom is 0.187 e. The molecule has 3 N–H and O–H groups in total. The fourth-order valence-electron chi connectivity index (χ4n) is 1.82. The van der Waals surface area contributed by atoms with Crippen molar-refractivity contribution in [3.8, 4) is 5.75 Å². The number of hydrogen-bond acceptors (Lipinski definition) is 3. The molecule has 1 atom stereocenters. The summed E-state index contributed by atoms with van der Waals surface area (Å²) in [5.74, 6) is -2.92. The van der Waals surface area contributed by atoms with Crippen molar-refractivity contribution in [2.24, 2.45) is 0 Å². The Labute approximate surface area is 105 Å². The minimum Gasteiger partial charge on any atom is -0.503 e. The van der Waals surface area contributed by atoms with E-state index in [0.29, 0.717) is 18.5 Å². The number of halogens is 2. The first-order valence-electron chi connectivity index (χ1n) is 5.95. The summed E-state index contributed by atoms with van der Waals surface area (Å²) in [7, 11) is 0. The lowest BCUT2D eigenvalue weighted by atomic mass is 10.0. The van der Waals surface area contributed by atoms with E-state index in [9.17, 15) is 13.9 Å². The van der Waals surface area contributed by atoms with Gasteiger partial charge >= 0.3 is 0 Å². The molecule has 0 heterocycles. The first-order chi connectivity index (χ1) is 8.35. The summed E-state index contributed by atoms with van der Waals surface area (Å²) in [5, 5.41) is 21.8. The number of aliphatic hydroxyl groups is 1. The van der Waals surface area contributed by atoms with E-state index in [1.807, 2.05) is 6.92 Å². The van der Waals surface area contributed by atoms with Gasteiger partial charge in [-0.2, -0.15) is 0 Å². The average Bonchev–Trinajstić information content (AvgIpc) is 2.25. The van der Waals surface area contributed by atoms with Crippen LogP contribution in [-0.4, -0.2) is 22.4 Å². The number of phenols is 1. The van der Waals surface area contributed by atoms with Gasteiger partial charge in [0.05, 0.1) is 5.60 Å². The normalized spacial score (nSPS) is 14.5. The molecule has 18 heavy (non-hydrogen) atoms. The van der Waals surface area contributed by atoms with Gasteiger partial charge in [0, 0.05) is 13.1 Å². The second-order valence-corrected chi connectivity index (χ2v) is 4.76. The summed E-state index contributed by atoms with van der Waals surface area (Å²) in [6.07, 6.45) is 1.51. The molecule has 0 radical (unpaired) electrons. The second-order valence-electron chi connectivity index (χ2n) is 4.76. The van der Waals surface area contributed by atoms with E-state index in [-0.39, 0.29) is 6.54 Å². The third-order valence-corrected chi connectivity index (χ3v) is 2.70. The lowest BCUT2D eigenvalue weighted by Gasteiger charge is -2.23. The maximum absolute atomic E-state index is 13.1. The van der Waals surface area contributed by atoms with Crippen molar-refractivity contribution in [3.05, 3.63) is 29.3 Å². The topological polar surface area (TPSA) is 52.5 Å². The van der Waals surface area contributed by atoms with E-state index in [0.717, 1.165) is 18.6 Å². The predicted molar refractivity (Wildman–Crippen MR) is 65.3 cm³/mol. The van der Waals surface area contributed by atoms with Crippen LogP contribution in [-0.2, 0) is 6.54 Å². The van der Waals surface area contributed by atoms with Crippen LogP contribution >= 0.6 is 0 Å². The first kappa shape index (κ1) is 14.9. The molecule has 0 amide bonds. The Morgan fingerprint density at radius 1 is 1.28 bits per heavy atom. The molecule has 0 saturated carbocycles. The zero-order chi connectivity index (χ0) is 13.8. The van der Waals surface area contributed by atoms with Crippen molar-refractivity contribution in [2.45, 2.75) is 38.8 Å². The molecule has 0 aliphatic carbocycles. The van der Waals surface area contributed by atoms with Crippen LogP contribution in [0.5, 0.6) is 5.75 Å². The zero-order valence-corrected chi connectivity index (χ0v) is 10.6. The molecule has 102 valence electrons. The Hall–Kier alpha value is -1.20. The van der Waals surface area contributed by atoms with Crippen LogP contribution in [0.15, 0.2) is 12.1 Å². The van der Waals surface area contributed by atoms with Gasteiger partial charge in [-0.1, -0.05) is 13.3 Å². The molecule has 1 unspecified atom stereocenters. The number of benzene rings is 1. The molecule has 1 aromatic carbocycles. The van der Waals surface area contributed by atoms with Gasteiger partial charge in [0.15, 0.2) is 17.4 Å². The minimum atomic E-state index is -0.980. The molecule has 5 heteroatoms. The molecule has 0 aliphatic heterocycles. The van der Waals surface area contributed by atoms with Crippen LogP contribution in [0, 0.1) is 11.6 Å². The number of aromatic hydroxyl groups is 1. The van der Waals surface area contributed by atoms with Crippen molar-refractivity contribution < 1.29 is 19.0 Å². The minimum absolute atomic E-state index is 0.230. The predicted octanol–water partition coefficient (Wildman–Crippen LogP) is 2.31. The third kappa shape index (κ3) is 4.23. The highest BCUT2D eigenvalue weighted by Gasteiger charge is 2.18. The molecule has 0 spiro atoms. The third-order valence-electron chi connectivity index (χ3n) is 2.70. The summed E-state index contributed by atoms with van der Waals surface area (Å²) in [6.45, 7) is 4.25. The highest BCUT2D eigenvalue weighted by Crippen LogP contribution is 2.21. The van der Waals surface area contributed by atoms with E-state index in [4.69, 9.17) is 5.11 Å². The second kappa shape index (κ2) is 6.11. The molecule has 1 aromatic rings. The van der Waals surface area contributed by atoms with Crippen molar-refractivity contribution in [1.82, 2.24) is 5.32 Å². The van der Waals surface area contributed by atoms with Crippen LogP contribution < -0.4 is 5.32 Å². The Kier molecular flexibility index (Phi) is 5.04. The van der Waals surface area contributed by atoms with E-state index in [2.05, 4.69) is 5.32 Å². The Balaban J connectivity index is 2.54. The standard InChI is InChI=1S/C13H19F2NO2/c1-3-4-13(2,18)8-16-7-9-5-10(14)12(17)11(15)6-9/h5-6,16-18H,3-4,7-8H2,1-2H3. The lowest BCUT2D eigenvalue weighted by molar-refractivity contribution is 0.0498. The number of rotatable bonds is 6. The molecule has 0 fully saturated rings. The van der Waals surface area contributed by atoms with Crippen LogP contribution in [0.2, 0.25) is 0 Å². The molecule has 0 aromatic heterocycles. The molecular formula is C13H19F2NO2. The Bertz CT molecular complexity index is 385. The van der Waals surface area contributed by atoms with Gasteiger partial charge < -0.3 is 15.5 Å². The van der Waals surface area contributed by atoms with E-state index in [1.54, 1.807) is 6.92 Å². The van der Waals surface area contributed by atoms with Crippen molar-refractivity contribution >= 4 is 0 Å². The highest BCUT2D eigenvalue weighted by molar-refractivity contribution is 5.29. The van der Waals surface area contributed by atoms with E-state index < -0.39 is 23.0 Å². The number of nitrogens with one attached hydrogen (secondary N) is 1. The van der Waals surface area contributed by atoms with Crippen LogP contribution in [0.3, 0.4) is 0 Å². The van der Waals surface area contributed by atoms with Crippen LogP contribution in [0.1, 0.15) is 32.3 Å². The van der Waals surface area contributed by atoms with E-state index in [1.165, 1.54) is 0 Å². The maximum atomic E-state index is 13.1. The lowest BCUT2D eigenvalue weighted by Crippen LogP contribution is -2.37. The summed E-state index contributed by atoms with van der Waals surface area (Å²) in [6, 6.07) is 2.14. The SMILES string of the molecule is CCCC(C)(O)CNCc1cc(F)c(O)c(F)c1. The first-order valence-corrected chi connectivity index (χ1v) is 5.95. The van der Waals surface area contributed by atoms with Crippen LogP contribution in [0.4, 0.5) is 8.78 Å². The Morgan fingerprint density at radius 3 is 2.33 bits per heavy atom. The summed E-state index contributed by atoms with van der Waals surface area (Å²) in [5.41, 5.74) is -0.446. The molecule has 0 aliphatic rings. The molecule has 1 rings (SSSR count). The molecule has 3 nitrogen and oxygen atoms in total. The van der Waals surface area contributed by atoms with Gasteiger partial charge in [-0.15, -0.1) is 0 Å².